The molecule has 0 unspecified atom stereocenters. The molecule has 1 aromatic heterocycles. The molecule has 1 heterocycles. The topological polar surface area (TPSA) is 80.9 Å². The van der Waals surface area contributed by atoms with Gasteiger partial charge in [-0.2, -0.15) is 0 Å². The van der Waals surface area contributed by atoms with Gasteiger partial charge in [-0.05, 0) is 27.7 Å². The lowest BCUT2D eigenvalue weighted by Crippen LogP contribution is -2.53. The molecule has 0 aromatic carbocycles. The van der Waals surface area contributed by atoms with Gasteiger partial charge in [-0.1, -0.05) is 4.49 Å². The molecule has 6 heteroatoms. The van der Waals surface area contributed by atoms with Crippen LogP contribution in [0.15, 0.2) is 6.20 Å². The van der Waals surface area contributed by atoms with E-state index in [1.54, 1.807) is 0 Å². The van der Waals surface area contributed by atoms with E-state index in [2.05, 4.69) is 14.9 Å². The first-order chi connectivity index (χ1) is 6.75. The number of aromatic nitrogens is 2. The van der Waals surface area contributed by atoms with Crippen LogP contribution in [0.25, 0.3) is 0 Å². The van der Waals surface area contributed by atoms with E-state index >= 15 is 0 Å². The van der Waals surface area contributed by atoms with Crippen LogP contribution in [0.1, 0.15) is 27.7 Å². The largest absolute Gasteiger partial charge is 0.325 e. The van der Waals surface area contributed by atoms with Crippen LogP contribution in [-0.4, -0.2) is 21.0 Å². The SMILES string of the molecule is CC(C)(N)C(C)(C)C(=O)Nc1cnns1. The number of anilines is 1. The third kappa shape index (κ3) is 2.51. The molecule has 3 N–H and O–H groups in total. The highest BCUT2D eigenvalue weighted by Gasteiger charge is 2.40. The molecule has 1 aromatic rings. The van der Waals surface area contributed by atoms with Crippen LogP contribution in [0, 0.1) is 5.41 Å². The van der Waals surface area contributed by atoms with Crippen LogP contribution < -0.4 is 11.1 Å². The molecule has 0 aliphatic rings. The minimum atomic E-state index is -0.656. The normalized spacial score (nSPS) is 12.6. The Morgan fingerprint density at radius 2 is 2.07 bits per heavy atom. The third-order valence-corrected chi connectivity index (χ3v) is 3.36. The Morgan fingerprint density at radius 3 is 2.47 bits per heavy atom. The molecule has 0 spiro atoms. The van der Waals surface area contributed by atoms with E-state index in [4.69, 9.17) is 5.73 Å². The Kier molecular flexibility index (Phi) is 3.11. The fourth-order valence-corrected chi connectivity index (χ4v) is 1.20. The zero-order valence-electron chi connectivity index (χ0n) is 9.37. The predicted octanol–water partition coefficient (Wildman–Crippen LogP) is 1.24. The molecule has 84 valence electrons. The number of carbonyl (C=O) groups excluding carboxylic acids is 1. The maximum absolute atomic E-state index is 11.9. The predicted molar refractivity (Wildman–Crippen MR) is 60.6 cm³/mol. The van der Waals surface area contributed by atoms with Gasteiger partial charge in [0, 0.05) is 17.1 Å². The second-order valence-corrected chi connectivity index (χ2v) is 5.37. The Morgan fingerprint density at radius 1 is 1.47 bits per heavy atom. The average Bonchev–Trinajstić information content (AvgIpc) is 2.54. The third-order valence-electron chi connectivity index (χ3n) is 2.78. The molecule has 0 aliphatic heterocycles. The van der Waals surface area contributed by atoms with Crippen molar-refractivity contribution in [3.8, 4) is 0 Å². The van der Waals surface area contributed by atoms with Gasteiger partial charge in [-0.3, -0.25) is 4.79 Å². The van der Waals surface area contributed by atoms with Crippen molar-refractivity contribution in [3.05, 3.63) is 6.20 Å². The summed E-state index contributed by atoms with van der Waals surface area (Å²) < 4.78 is 3.67. The summed E-state index contributed by atoms with van der Waals surface area (Å²) in [6.07, 6.45) is 1.52. The van der Waals surface area contributed by atoms with Crippen molar-refractivity contribution < 1.29 is 4.79 Å². The fourth-order valence-electron chi connectivity index (χ4n) is 0.783. The maximum atomic E-state index is 11.9. The summed E-state index contributed by atoms with van der Waals surface area (Å²) in [5, 5.41) is 7.02. The number of nitrogens with one attached hydrogen (secondary N) is 1. The molecule has 0 fully saturated rings. The second-order valence-electron chi connectivity index (χ2n) is 4.58. The van der Waals surface area contributed by atoms with Crippen molar-refractivity contribution in [2.24, 2.45) is 11.1 Å². The zero-order valence-corrected chi connectivity index (χ0v) is 10.2. The summed E-state index contributed by atoms with van der Waals surface area (Å²) in [4.78, 5) is 11.9. The number of carbonyl (C=O) groups is 1. The monoisotopic (exact) mass is 228 g/mol. The van der Waals surface area contributed by atoms with Crippen LogP contribution >= 0.6 is 11.5 Å². The molecule has 0 saturated heterocycles. The summed E-state index contributed by atoms with van der Waals surface area (Å²) in [5.41, 5.74) is 4.71. The summed E-state index contributed by atoms with van der Waals surface area (Å²) in [5.74, 6) is -0.124. The lowest BCUT2D eigenvalue weighted by molar-refractivity contribution is -0.126. The number of hydrogen-bond donors (Lipinski definition) is 2. The van der Waals surface area contributed by atoms with E-state index in [1.807, 2.05) is 27.7 Å². The average molecular weight is 228 g/mol. The smallest absolute Gasteiger partial charge is 0.232 e. The first-order valence-electron chi connectivity index (χ1n) is 4.63. The van der Waals surface area contributed by atoms with Gasteiger partial charge >= 0.3 is 0 Å². The Balaban J connectivity index is 2.77. The number of nitrogens with two attached hydrogens (primary N) is 1. The van der Waals surface area contributed by atoms with Crippen LogP contribution in [0.4, 0.5) is 5.00 Å². The molecule has 0 aliphatic carbocycles. The van der Waals surface area contributed by atoms with E-state index in [1.165, 1.54) is 6.20 Å². The van der Waals surface area contributed by atoms with Gasteiger partial charge in [-0.15, -0.1) is 5.10 Å². The Labute approximate surface area is 93.2 Å². The zero-order chi connectivity index (χ0) is 11.7. The van der Waals surface area contributed by atoms with Gasteiger partial charge in [0.05, 0.1) is 11.6 Å². The van der Waals surface area contributed by atoms with E-state index in [-0.39, 0.29) is 5.91 Å². The van der Waals surface area contributed by atoms with Crippen molar-refractivity contribution >= 4 is 22.4 Å². The van der Waals surface area contributed by atoms with E-state index < -0.39 is 11.0 Å². The number of rotatable bonds is 3. The minimum absolute atomic E-state index is 0.124. The molecule has 1 rings (SSSR count). The standard InChI is InChI=1S/C9H16N4OS/c1-8(2,9(3,4)10)7(14)12-6-5-11-13-15-6/h5H,10H2,1-4H3,(H,12,14). The van der Waals surface area contributed by atoms with Gasteiger partial charge < -0.3 is 11.1 Å². The second kappa shape index (κ2) is 3.86. The van der Waals surface area contributed by atoms with Crippen molar-refractivity contribution in [2.45, 2.75) is 33.2 Å². The van der Waals surface area contributed by atoms with Crippen molar-refractivity contribution in [2.75, 3.05) is 5.32 Å². The Hall–Kier alpha value is -1.01. The molecule has 0 atom stereocenters. The Bertz CT molecular complexity index is 339. The van der Waals surface area contributed by atoms with Gasteiger partial charge in [0.1, 0.15) is 5.00 Å². The van der Waals surface area contributed by atoms with Crippen molar-refractivity contribution in [1.29, 1.82) is 0 Å². The van der Waals surface area contributed by atoms with Gasteiger partial charge in [0.2, 0.25) is 5.91 Å². The van der Waals surface area contributed by atoms with Crippen molar-refractivity contribution in [1.82, 2.24) is 9.59 Å². The van der Waals surface area contributed by atoms with Crippen molar-refractivity contribution in [3.63, 3.8) is 0 Å². The summed E-state index contributed by atoms with van der Waals surface area (Å²) in [7, 11) is 0. The van der Waals surface area contributed by atoms with E-state index in [0.717, 1.165) is 11.5 Å². The molecule has 0 bridgehead atoms. The highest BCUT2D eigenvalue weighted by Crippen LogP contribution is 2.30. The minimum Gasteiger partial charge on any atom is -0.325 e. The number of nitrogens with zero attached hydrogens (tertiary/aromatic N) is 2. The first-order valence-corrected chi connectivity index (χ1v) is 5.40. The van der Waals surface area contributed by atoms with Gasteiger partial charge in [0.25, 0.3) is 0 Å². The molecular formula is C9H16N4OS. The lowest BCUT2D eigenvalue weighted by Gasteiger charge is -2.36. The summed E-state index contributed by atoms with van der Waals surface area (Å²) >= 11 is 1.14. The highest BCUT2D eigenvalue weighted by atomic mass is 32.1. The quantitative estimate of drug-likeness (QED) is 0.815. The summed E-state index contributed by atoms with van der Waals surface area (Å²) in [6, 6.07) is 0. The first kappa shape index (κ1) is 12.1. The number of hydrogen-bond acceptors (Lipinski definition) is 5. The molecular weight excluding hydrogens is 212 g/mol. The van der Waals surface area contributed by atoms with E-state index in [0.29, 0.717) is 5.00 Å². The lowest BCUT2D eigenvalue weighted by atomic mass is 9.74. The summed E-state index contributed by atoms with van der Waals surface area (Å²) in [6.45, 7) is 7.29. The maximum Gasteiger partial charge on any atom is 0.232 e. The van der Waals surface area contributed by atoms with Crippen LogP contribution in [0.5, 0.6) is 0 Å². The molecule has 15 heavy (non-hydrogen) atoms. The van der Waals surface area contributed by atoms with Crippen LogP contribution in [0.2, 0.25) is 0 Å². The van der Waals surface area contributed by atoms with Gasteiger partial charge in [0.15, 0.2) is 0 Å². The molecule has 5 nitrogen and oxygen atoms in total. The van der Waals surface area contributed by atoms with E-state index in [9.17, 15) is 4.79 Å². The number of amides is 1. The van der Waals surface area contributed by atoms with Gasteiger partial charge in [-0.25, -0.2) is 0 Å². The highest BCUT2D eigenvalue weighted by molar-refractivity contribution is 7.10. The fraction of sp³-hybridized carbons (Fsp3) is 0.667. The molecule has 1 amide bonds. The molecule has 0 radical (unpaired) electrons. The van der Waals surface area contributed by atoms with Crippen LogP contribution in [-0.2, 0) is 4.79 Å². The van der Waals surface area contributed by atoms with Crippen LogP contribution in [0.3, 0.4) is 0 Å². The molecule has 0 saturated carbocycles.